The van der Waals surface area contributed by atoms with Crippen molar-refractivity contribution in [2.75, 3.05) is 13.1 Å². The SMILES string of the molecule is Cc1csc(=O)n1CCC(=O)NC1CCCNC1.Cl. The highest BCUT2D eigenvalue weighted by atomic mass is 35.5. The third kappa shape index (κ3) is 4.63. The predicted molar refractivity (Wildman–Crippen MR) is 79.2 cm³/mol. The molecule has 1 unspecified atom stereocenters. The first kappa shape index (κ1) is 16.2. The van der Waals surface area contributed by atoms with E-state index < -0.39 is 0 Å². The molecule has 19 heavy (non-hydrogen) atoms. The summed E-state index contributed by atoms with van der Waals surface area (Å²) in [6.45, 7) is 4.25. The van der Waals surface area contributed by atoms with E-state index in [1.165, 1.54) is 11.3 Å². The van der Waals surface area contributed by atoms with Gasteiger partial charge in [-0.3, -0.25) is 9.59 Å². The maximum Gasteiger partial charge on any atom is 0.307 e. The van der Waals surface area contributed by atoms with Gasteiger partial charge in [-0.2, -0.15) is 0 Å². The van der Waals surface area contributed by atoms with Gasteiger partial charge in [0.1, 0.15) is 0 Å². The molecule has 2 N–H and O–H groups in total. The Kier molecular flexibility index (Phi) is 6.54. The zero-order valence-electron chi connectivity index (χ0n) is 11.0. The molecular formula is C12H20ClN3O2S. The molecule has 1 aromatic heterocycles. The van der Waals surface area contributed by atoms with E-state index in [9.17, 15) is 9.59 Å². The number of hydrogen-bond donors (Lipinski definition) is 2. The molecule has 0 bridgehead atoms. The first-order valence-corrected chi connectivity index (χ1v) is 7.20. The van der Waals surface area contributed by atoms with Crippen LogP contribution in [0.4, 0.5) is 0 Å². The summed E-state index contributed by atoms with van der Waals surface area (Å²) in [5.74, 6) is 0.0289. The Labute approximate surface area is 122 Å². The number of aryl methyl sites for hydroxylation is 1. The molecule has 0 saturated carbocycles. The molecule has 1 amide bonds. The lowest BCUT2D eigenvalue weighted by Crippen LogP contribution is -2.45. The lowest BCUT2D eigenvalue weighted by atomic mass is 10.1. The molecule has 2 rings (SSSR count). The van der Waals surface area contributed by atoms with Crippen molar-refractivity contribution < 1.29 is 4.79 Å². The largest absolute Gasteiger partial charge is 0.352 e. The van der Waals surface area contributed by atoms with Gasteiger partial charge in [-0.15, -0.1) is 12.4 Å². The van der Waals surface area contributed by atoms with Crippen LogP contribution in [0.15, 0.2) is 10.2 Å². The van der Waals surface area contributed by atoms with Crippen molar-refractivity contribution in [2.24, 2.45) is 0 Å². The molecule has 1 saturated heterocycles. The molecule has 108 valence electrons. The van der Waals surface area contributed by atoms with Crippen LogP contribution in [-0.4, -0.2) is 29.6 Å². The van der Waals surface area contributed by atoms with E-state index in [0.29, 0.717) is 13.0 Å². The maximum absolute atomic E-state index is 11.8. The van der Waals surface area contributed by atoms with E-state index in [1.54, 1.807) is 4.57 Å². The van der Waals surface area contributed by atoms with Gasteiger partial charge in [-0.05, 0) is 26.3 Å². The van der Waals surface area contributed by atoms with Crippen molar-refractivity contribution in [3.63, 3.8) is 0 Å². The topological polar surface area (TPSA) is 63.1 Å². The fourth-order valence-electron chi connectivity index (χ4n) is 2.16. The summed E-state index contributed by atoms with van der Waals surface area (Å²) < 4.78 is 1.66. The summed E-state index contributed by atoms with van der Waals surface area (Å²) in [4.78, 5) is 23.3. The third-order valence-electron chi connectivity index (χ3n) is 3.20. The van der Waals surface area contributed by atoms with Crippen LogP contribution in [0.1, 0.15) is 25.0 Å². The summed E-state index contributed by atoms with van der Waals surface area (Å²) in [5.41, 5.74) is 0.928. The van der Waals surface area contributed by atoms with E-state index in [2.05, 4.69) is 10.6 Å². The van der Waals surface area contributed by atoms with Gasteiger partial charge in [0.05, 0.1) is 0 Å². The smallest absolute Gasteiger partial charge is 0.307 e. The number of thiazole rings is 1. The standard InChI is InChI=1S/C12H19N3O2S.ClH/c1-9-8-18-12(17)15(9)6-4-11(16)14-10-3-2-5-13-7-10;/h8,10,13H,2-7H2,1H3,(H,14,16);1H. The number of piperidine rings is 1. The molecule has 1 atom stereocenters. The number of aromatic nitrogens is 1. The van der Waals surface area contributed by atoms with Crippen LogP contribution in [0, 0.1) is 6.92 Å². The van der Waals surface area contributed by atoms with Gasteiger partial charge in [-0.25, -0.2) is 0 Å². The molecule has 0 radical (unpaired) electrons. The van der Waals surface area contributed by atoms with Gasteiger partial charge >= 0.3 is 4.87 Å². The van der Waals surface area contributed by atoms with Crippen LogP contribution in [0.3, 0.4) is 0 Å². The van der Waals surface area contributed by atoms with Crippen molar-refractivity contribution in [1.29, 1.82) is 0 Å². The highest BCUT2D eigenvalue weighted by Crippen LogP contribution is 2.03. The number of hydrogen-bond acceptors (Lipinski definition) is 4. The highest BCUT2D eigenvalue weighted by Gasteiger charge is 2.15. The molecule has 0 aromatic carbocycles. The summed E-state index contributed by atoms with van der Waals surface area (Å²) in [7, 11) is 0. The Morgan fingerprint density at radius 1 is 1.63 bits per heavy atom. The van der Waals surface area contributed by atoms with Gasteiger partial charge in [0.2, 0.25) is 5.91 Å². The summed E-state index contributed by atoms with van der Waals surface area (Å²) in [6, 6.07) is 0.242. The van der Waals surface area contributed by atoms with E-state index in [1.807, 2.05) is 12.3 Å². The van der Waals surface area contributed by atoms with Crippen LogP contribution < -0.4 is 15.5 Å². The summed E-state index contributed by atoms with van der Waals surface area (Å²) >= 11 is 1.18. The Hall–Kier alpha value is -0.850. The minimum absolute atomic E-state index is 0. The Bertz CT molecular complexity index is 466. The molecule has 1 aromatic rings. The van der Waals surface area contributed by atoms with Crippen LogP contribution in [0.2, 0.25) is 0 Å². The fraction of sp³-hybridized carbons (Fsp3) is 0.667. The van der Waals surface area contributed by atoms with Gasteiger partial charge in [0.25, 0.3) is 0 Å². The number of halogens is 1. The molecule has 0 spiro atoms. The molecule has 2 heterocycles. The van der Waals surface area contributed by atoms with Gasteiger partial charge < -0.3 is 15.2 Å². The molecular weight excluding hydrogens is 286 g/mol. The Morgan fingerprint density at radius 2 is 2.42 bits per heavy atom. The average molecular weight is 306 g/mol. The number of carbonyl (C=O) groups is 1. The van der Waals surface area contributed by atoms with Gasteiger partial charge in [-0.1, -0.05) is 11.3 Å². The maximum atomic E-state index is 11.8. The van der Waals surface area contributed by atoms with Crippen LogP contribution in [-0.2, 0) is 11.3 Å². The van der Waals surface area contributed by atoms with Crippen molar-refractivity contribution >= 4 is 29.7 Å². The van der Waals surface area contributed by atoms with Crippen molar-refractivity contribution in [1.82, 2.24) is 15.2 Å². The number of amides is 1. The second-order valence-corrected chi connectivity index (χ2v) is 5.48. The molecule has 5 nitrogen and oxygen atoms in total. The molecule has 7 heteroatoms. The van der Waals surface area contributed by atoms with E-state index in [0.717, 1.165) is 31.6 Å². The number of nitrogens with one attached hydrogen (secondary N) is 2. The van der Waals surface area contributed by atoms with E-state index in [4.69, 9.17) is 0 Å². The lowest BCUT2D eigenvalue weighted by Gasteiger charge is -2.23. The first-order chi connectivity index (χ1) is 8.66. The minimum Gasteiger partial charge on any atom is -0.352 e. The van der Waals surface area contributed by atoms with Crippen LogP contribution >= 0.6 is 23.7 Å². The quantitative estimate of drug-likeness (QED) is 0.869. The average Bonchev–Trinajstić information content (AvgIpc) is 2.68. The molecule has 1 fully saturated rings. The van der Waals surface area contributed by atoms with E-state index >= 15 is 0 Å². The zero-order valence-corrected chi connectivity index (χ0v) is 12.6. The predicted octanol–water partition coefficient (Wildman–Crippen LogP) is 0.898. The Morgan fingerprint density at radius 3 is 3.00 bits per heavy atom. The van der Waals surface area contributed by atoms with Crippen molar-refractivity contribution in [3.05, 3.63) is 20.7 Å². The zero-order chi connectivity index (χ0) is 13.0. The fourth-order valence-corrected chi connectivity index (χ4v) is 2.92. The summed E-state index contributed by atoms with van der Waals surface area (Å²) in [5, 5.41) is 8.09. The second kappa shape index (κ2) is 7.67. The molecule has 0 aliphatic carbocycles. The van der Waals surface area contributed by atoms with E-state index in [-0.39, 0.29) is 29.2 Å². The number of nitrogens with zero attached hydrogens (tertiary/aromatic N) is 1. The monoisotopic (exact) mass is 305 g/mol. The molecule has 1 aliphatic rings. The number of carbonyl (C=O) groups excluding carboxylic acids is 1. The van der Waals surface area contributed by atoms with Gasteiger partial charge in [0, 0.05) is 36.6 Å². The van der Waals surface area contributed by atoms with Crippen molar-refractivity contribution in [2.45, 2.75) is 38.8 Å². The minimum atomic E-state index is 0. The second-order valence-electron chi connectivity index (χ2n) is 4.66. The third-order valence-corrected chi connectivity index (χ3v) is 4.08. The first-order valence-electron chi connectivity index (χ1n) is 6.32. The van der Waals surface area contributed by atoms with Gasteiger partial charge in [0.15, 0.2) is 0 Å². The lowest BCUT2D eigenvalue weighted by molar-refractivity contribution is -0.122. The molecule has 1 aliphatic heterocycles. The number of rotatable bonds is 4. The Balaban J connectivity index is 0.00000180. The highest BCUT2D eigenvalue weighted by molar-refractivity contribution is 7.07. The van der Waals surface area contributed by atoms with Crippen LogP contribution in [0.25, 0.3) is 0 Å². The summed E-state index contributed by atoms with van der Waals surface area (Å²) in [6.07, 6.45) is 2.51. The normalized spacial score (nSPS) is 18.7. The van der Waals surface area contributed by atoms with Crippen molar-refractivity contribution in [3.8, 4) is 0 Å². The van der Waals surface area contributed by atoms with Crippen LogP contribution in [0.5, 0.6) is 0 Å².